The summed E-state index contributed by atoms with van der Waals surface area (Å²) in [6.45, 7) is 3.74. The maximum atomic E-state index is 13.7. The number of sulfonamides is 1. The van der Waals surface area contributed by atoms with E-state index in [2.05, 4.69) is 15.0 Å². The molecular weight excluding hydrogens is 372 g/mol. The molecule has 0 bridgehead atoms. The average Bonchev–Trinajstić information content (AvgIpc) is 2.61. The molecule has 0 saturated heterocycles. The van der Waals surface area contributed by atoms with Crippen LogP contribution in [0.4, 0.5) is 26.0 Å². The summed E-state index contributed by atoms with van der Waals surface area (Å²) in [5.41, 5.74) is 2.20. The second-order valence-electron chi connectivity index (χ2n) is 6.03. The largest absolute Gasteiger partial charge is 0.338 e. The first kappa shape index (κ1) is 18.8. The SMILES string of the molecule is Cc1ccc(S(=O)(=O)Nc2ccc(Nc3ccc(F)cc3F)nc2)cc1C. The van der Waals surface area contributed by atoms with Gasteiger partial charge in [-0.15, -0.1) is 0 Å². The number of pyridine rings is 1. The summed E-state index contributed by atoms with van der Waals surface area (Å²) in [4.78, 5) is 4.20. The number of aryl methyl sites for hydroxylation is 2. The van der Waals surface area contributed by atoms with Crippen molar-refractivity contribution < 1.29 is 17.2 Å². The molecule has 0 aliphatic carbocycles. The van der Waals surface area contributed by atoms with Crippen LogP contribution in [0, 0.1) is 25.5 Å². The van der Waals surface area contributed by atoms with E-state index < -0.39 is 21.7 Å². The number of nitrogens with one attached hydrogen (secondary N) is 2. The van der Waals surface area contributed by atoms with Crippen molar-refractivity contribution in [3.05, 3.63) is 77.5 Å². The van der Waals surface area contributed by atoms with Crippen molar-refractivity contribution in [2.75, 3.05) is 10.0 Å². The lowest BCUT2D eigenvalue weighted by Crippen LogP contribution is -2.13. The molecule has 0 fully saturated rings. The van der Waals surface area contributed by atoms with Gasteiger partial charge in [0.1, 0.15) is 17.5 Å². The number of hydrogen-bond donors (Lipinski definition) is 2. The Labute approximate surface area is 156 Å². The first-order chi connectivity index (χ1) is 12.7. The minimum absolute atomic E-state index is 0.0624. The fraction of sp³-hybridized carbons (Fsp3) is 0.105. The molecule has 0 radical (unpaired) electrons. The summed E-state index contributed by atoms with van der Waals surface area (Å²) in [5.74, 6) is -1.15. The molecule has 1 aromatic heterocycles. The highest BCUT2D eigenvalue weighted by atomic mass is 32.2. The molecule has 5 nitrogen and oxygen atoms in total. The standard InChI is InChI=1S/C19H17F2N3O2S/c1-12-3-6-16(9-13(12)2)27(25,26)24-15-5-8-19(22-11-15)23-18-7-4-14(20)10-17(18)21/h3-11,24H,1-2H3,(H,22,23). The number of nitrogens with zero attached hydrogens (tertiary/aromatic N) is 1. The van der Waals surface area contributed by atoms with Gasteiger partial charge in [-0.2, -0.15) is 0 Å². The molecule has 0 saturated carbocycles. The number of hydrogen-bond acceptors (Lipinski definition) is 4. The lowest BCUT2D eigenvalue weighted by atomic mass is 10.1. The molecule has 0 aliphatic rings. The molecule has 0 spiro atoms. The zero-order valence-corrected chi connectivity index (χ0v) is 15.4. The third-order valence-corrected chi connectivity index (χ3v) is 5.38. The summed E-state index contributed by atoms with van der Waals surface area (Å²) < 4.78 is 54.0. The zero-order chi connectivity index (χ0) is 19.6. The van der Waals surface area contributed by atoms with Gasteiger partial charge in [0.05, 0.1) is 22.5 Å². The smallest absolute Gasteiger partial charge is 0.261 e. The van der Waals surface area contributed by atoms with Crippen LogP contribution < -0.4 is 10.0 Å². The maximum absolute atomic E-state index is 13.7. The van der Waals surface area contributed by atoms with Crippen molar-refractivity contribution >= 4 is 27.2 Å². The van der Waals surface area contributed by atoms with Gasteiger partial charge in [-0.1, -0.05) is 6.07 Å². The van der Waals surface area contributed by atoms with Gasteiger partial charge in [-0.25, -0.2) is 22.2 Å². The van der Waals surface area contributed by atoms with E-state index in [1.54, 1.807) is 12.1 Å². The van der Waals surface area contributed by atoms with E-state index in [4.69, 9.17) is 0 Å². The molecule has 0 atom stereocenters. The van der Waals surface area contributed by atoms with Crippen molar-refractivity contribution in [3.63, 3.8) is 0 Å². The quantitative estimate of drug-likeness (QED) is 0.673. The van der Waals surface area contributed by atoms with Crippen molar-refractivity contribution in [1.82, 2.24) is 4.98 Å². The number of rotatable bonds is 5. The molecule has 0 aliphatic heterocycles. The van der Waals surface area contributed by atoms with E-state index in [1.165, 1.54) is 30.5 Å². The van der Waals surface area contributed by atoms with E-state index in [0.29, 0.717) is 0 Å². The van der Waals surface area contributed by atoms with E-state index in [-0.39, 0.29) is 22.1 Å². The van der Waals surface area contributed by atoms with Crippen LogP contribution in [0.15, 0.2) is 59.6 Å². The molecule has 27 heavy (non-hydrogen) atoms. The molecule has 0 unspecified atom stereocenters. The van der Waals surface area contributed by atoms with Crippen LogP contribution in [0.3, 0.4) is 0 Å². The Morgan fingerprint density at radius 3 is 2.33 bits per heavy atom. The molecule has 1 heterocycles. The summed E-state index contributed by atoms with van der Waals surface area (Å²) >= 11 is 0. The van der Waals surface area contributed by atoms with Gasteiger partial charge in [-0.05, 0) is 61.4 Å². The van der Waals surface area contributed by atoms with Crippen LogP contribution in [0.2, 0.25) is 0 Å². The number of benzene rings is 2. The van der Waals surface area contributed by atoms with Crippen LogP contribution in [0.5, 0.6) is 0 Å². The van der Waals surface area contributed by atoms with Crippen LogP contribution >= 0.6 is 0 Å². The first-order valence-corrected chi connectivity index (χ1v) is 9.51. The van der Waals surface area contributed by atoms with E-state index in [1.807, 2.05) is 13.8 Å². The van der Waals surface area contributed by atoms with Crippen LogP contribution in [-0.2, 0) is 10.0 Å². The third-order valence-electron chi connectivity index (χ3n) is 4.00. The third kappa shape index (κ3) is 4.40. The summed E-state index contributed by atoms with van der Waals surface area (Å²) in [6, 6.07) is 11.0. The average molecular weight is 389 g/mol. The molecule has 3 aromatic rings. The molecule has 140 valence electrons. The Kier molecular flexibility index (Phi) is 5.09. The second-order valence-corrected chi connectivity index (χ2v) is 7.72. The molecule has 2 aromatic carbocycles. The topological polar surface area (TPSA) is 71.1 Å². The van der Waals surface area contributed by atoms with Crippen molar-refractivity contribution in [3.8, 4) is 0 Å². The van der Waals surface area contributed by atoms with Crippen molar-refractivity contribution in [1.29, 1.82) is 0 Å². The highest BCUT2D eigenvalue weighted by molar-refractivity contribution is 7.92. The van der Waals surface area contributed by atoms with Gasteiger partial charge in [0, 0.05) is 6.07 Å². The molecule has 8 heteroatoms. The minimum Gasteiger partial charge on any atom is -0.338 e. The predicted molar refractivity (Wildman–Crippen MR) is 101 cm³/mol. The summed E-state index contributed by atoms with van der Waals surface area (Å²) in [5, 5.41) is 2.70. The highest BCUT2D eigenvalue weighted by Gasteiger charge is 2.15. The Morgan fingerprint density at radius 1 is 0.926 bits per heavy atom. The Hall–Kier alpha value is -3.00. The maximum Gasteiger partial charge on any atom is 0.261 e. The second kappa shape index (κ2) is 7.32. The highest BCUT2D eigenvalue weighted by Crippen LogP contribution is 2.22. The van der Waals surface area contributed by atoms with E-state index in [9.17, 15) is 17.2 Å². The van der Waals surface area contributed by atoms with Gasteiger partial charge in [-0.3, -0.25) is 4.72 Å². The van der Waals surface area contributed by atoms with Crippen molar-refractivity contribution in [2.45, 2.75) is 18.7 Å². The fourth-order valence-corrected chi connectivity index (χ4v) is 3.48. The predicted octanol–water partition coefficient (Wildman–Crippen LogP) is 4.52. The minimum atomic E-state index is -3.75. The Morgan fingerprint density at radius 2 is 1.70 bits per heavy atom. The van der Waals surface area contributed by atoms with Gasteiger partial charge in [0.15, 0.2) is 0 Å². The van der Waals surface area contributed by atoms with Gasteiger partial charge in [0.25, 0.3) is 10.0 Å². The van der Waals surface area contributed by atoms with Crippen LogP contribution in [-0.4, -0.2) is 13.4 Å². The number of aromatic nitrogens is 1. The fourth-order valence-electron chi connectivity index (χ4n) is 2.35. The van der Waals surface area contributed by atoms with Crippen molar-refractivity contribution in [2.24, 2.45) is 0 Å². The number of anilines is 3. The van der Waals surface area contributed by atoms with Gasteiger partial charge >= 0.3 is 0 Å². The van der Waals surface area contributed by atoms with Gasteiger partial charge in [0.2, 0.25) is 0 Å². The monoisotopic (exact) mass is 389 g/mol. The summed E-state index contributed by atoms with van der Waals surface area (Å²) in [7, 11) is -3.75. The summed E-state index contributed by atoms with van der Waals surface area (Å²) in [6.07, 6.45) is 1.31. The zero-order valence-electron chi connectivity index (χ0n) is 14.6. The first-order valence-electron chi connectivity index (χ1n) is 8.03. The lowest BCUT2D eigenvalue weighted by molar-refractivity contribution is 0.586. The van der Waals surface area contributed by atoms with E-state index >= 15 is 0 Å². The van der Waals surface area contributed by atoms with E-state index in [0.717, 1.165) is 23.3 Å². The normalized spacial score (nSPS) is 11.3. The molecular formula is C19H17F2N3O2S. The van der Waals surface area contributed by atoms with Crippen LogP contribution in [0.1, 0.15) is 11.1 Å². The molecule has 2 N–H and O–H groups in total. The molecule has 3 rings (SSSR count). The lowest BCUT2D eigenvalue weighted by Gasteiger charge is -2.11. The molecule has 0 amide bonds. The van der Waals surface area contributed by atoms with Gasteiger partial charge < -0.3 is 5.32 Å². The van der Waals surface area contributed by atoms with Crippen LogP contribution in [0.25, 0.3) is 0 Å². The number of halogens is 2. The Balaban J connectivity index is 1.76. The Bertz CT molecular complexity index is 1080.